The third-order valence-electron chi connectivity index (χ3n) is 5.52. The van der Waals surface area contributed by atoms with Gasteiger partial charge in [-0.1, -0.05) is 30.3 Å². The van der Waals surface area contributed by atoms with Crippen LogP contribution in [0.25, 0.3) is 11.0 Å². The van der Waals surface area contributed by atoms with E-state index in [2.05, 4.69) is 21.2 Å². The number of nitrogens with zero attached hydrogens (tertiary/aromatic N) is 5. The summed E-state index contributed by atoms with van der Waals surface area (Å²) in [5.41, 5.74) is 1.53. The van der Waals surface area contributed by atoms with Gasteiger partial charge in [0.25, 0.3) is 0 Å². The Labute approximate surface area is 181 Å². The van der Waals surface area contributed by atoms with E-state index in [-0.39, 0.29) is 12.1 Å². The molecule has 1 amide bonds. The number of ether oxygens (including phenoxy) is 1. The third-order valence-corrected chi connectivity index (χ3v) is 5.52. The van der Waals surface area contributed by atoms with Crippen LogP contribution in [0.15, 0.2) is 54.6 Å². The van der Waals surface area contributed by atoms with Gasteiger partial charge < -0.3 is 15.0 Å². The zero-order valence-electron chi connectivity index (χ0n) is 17.6. The number of hydrogen-bond donors (Lipinski definition) is 1. The van der Waals surface area contributed by atoms with Crippen molar-refractivity contribution in [3.63, 3.8) is 0 Å². The van der Waals surface area contributed by atoms with Crippen molar-refractivity contribution in [2.75, 3.05) is 44.7 Å². The lowest BCUT2D eigenvalue weighted by molar-refractivity contribution is 0.218. The molecule has 31 heavy (non-hydrogen) atoms. The van der Waals surface area contributed by atoms with Crippen molar-refractivity contribution in [1.82, 2.24) is 19.8 Å². The summed E-state index contributed by atoms with van der Waals surface area (Å²) in [6.07, 6.45) is 0.441. The largest absolute Gasteiger partial charge is 0.492 e. The molecule has 1 aliphatic rings. The second-order valence-electron chi connectivity index (χ2n) is 7.57. The Morgan fingerprint density at radius 2 is 1.97 bits per heavy atom. The van der Waals surface area contributed by atoms with Crippen molar-refractivity contribution in [3.8, 4) is 11.8 Å². The highest BCUT2D eigenvalue weighted by molar-refractivity contribution is 5.93. The topological polar surface area (TPSA) is 86.4 Å². The first-order valence-electron chi connectivity index (χ1n) is 10.4. The van der Waals surface area contributed by atoms with Crippen LogP contribution in [0.3, 0.4) is 0 Å². The number of aromatic nitrogens is 2. The highest BCUT2D eigenvalue weighted by Crippen LogP contribution is 2.25. The van der Waals surface area contributed by atoms with Gasteiger partial charge in [-0.2, -0.15) is 5.26 Å². The van der Waals surface area contributed by atoms with Gasteiger partial charge in [0.15, 0.2) is 0 Å². The van der Waals surface area contributed by atoms with Crippen LogP contribution in [0, 0.1) is 11.3 Å². The van der Waals surface area contributed by atoms with E-state index in [0.717, 1.165) is 29.9 Å². The van der Waals surface area contributed by atoms with Crippen molar-refractivity contribution in [2.45, 2.75) is 12.5 Å². The first-order chi connectivity index (χ1) is 15.2. The summed E-state index contributed by atoms with van der Waals surface area (Å²) in [5, 5.41) is 12.1. The number of hydrogen-bond acceptors (Lipinski definition) is 6. The number of imidazole rings is 1. The number of carbonyl (C=O) groups excluding carboxylic acids is 1. The molecule has 2 heterocycles. The van der Waals surface area contributed by atoms with Crippen LogP contribution in [-0.2, 0) is 0 Å². The predicted molar refractivity (Wildman–Crippen MR) is 119 cm³/mol. The number of amides is 1. The molecule has 0 aliphatic carbocycles. The average Bonchev–Trinajstić information content (AvgIpc) is 3.18. The van der Waals surface area contributed by atoms with E-state index in [1.165, 1.54) is 0 Å². The molecule has 2 aromatic carbocycles. The molecule has 8 heteroatoms. The lowest BCUT2D eigenvalue weighted by atomic mass is 10.1. The van der Waals surface area contributed by atoms with Gasteiger partial charge in [-0.15, -0.1) is 0 Å². The van der Waals surface area contributed by atoms with Gasteiger partial charge in [0, 0.05) is 25.7 Å². The molecule has 8 nitrogen and oxygen atoms in total. The Balaban J connectivity index is 1.51. The minimum absolute atomic E-state index is 0.106. The summed E-state index contributed by atoms with van der Waals surface area (Å²) < 4.78 is 7.31. The average molecular weight is 419 g/mol. The van der Waals surface area contributed by atoms with Gasteiger partial charge >= 0.3 is 6.03 Å². The van der Waals surface area contributed by atoms with E-state index < -0.39 is 0 Å². The van der Waals surface area contributed by atoms with Crippen molar-refractivity contribution in [1.29, 1.82) is 5.26 Å². The molecule has 4 rings (SSSR count). The zero-order valence-corrected chi connectivity index (χ0v) is 17.6. The first kappa shape index (κ1) is 20.7. The molecule has 1 aliphatic heterocycles. The number of anilines is 1. The van der Waals surface area contributed by atoms with Crippen molar-refractivity contribution >= 4 is 23.0 Å². The molecular formula is C23H26N6O2. The van der Waals surface area contributed by atoms with Gasteiger partial charge in [0.2, 0.25) is 5.95 Å². The summed E-state index contributed by atoms with van der Waals surface area (Å²) in [6, 6.07) is 19.3. The van der Waals surface area contributed by atoms with Crippen molar-refractivity contribution in [2.24, 2.45) is 0 Å². The number of likely N-dealkylation sites (N-methyl/N-ethyl adjacent to an activating group) is 1. The molecule has 1 saturated heterocycles. The number of benzene rings is 2. The summed E-state index contributed by atoms with van der Waals surface area (Å²) in [4.78, 5) is 22.2. The summed E-state index contributed by atoms with van der Waals surface area (Å²) in [5.74, 6) is 1.38. The van der Waals surface area contributed by atoms with Crippen LogP contribution < -0.4 is 15.0 Å². The van der Waals surface area contributed by atoms with E-state index in [9.17, 15) is 4.79 Å². The van der Waals surface area contributed by atoms with Gasteiger partial charge in [-0.3, -0.25) is 4.90 Å². The molecular weight excluding hydrogens is 392 g/mol. The van der Waals surface area contributed by atoms with Crippen LogP contribution in [-0.4, -0.2) is 66.4 Å². The van der Waals surface area contributed by atoms with Gasteiger partial charge in [0.05, 0.1) is 30.1 Å². The van der Waals surface area contributed by atoms with Crippen LogP contribution in [0.1, 0.15) is 6.42 Å². The number of para-hydroxylation sites is 3. The molecule has 0 bridgehead atoms. The van der Waals surface area contributed by atoms with Crippen LogP contribution >= 0.6 is 0 Å². The second kappa shape index (κ2) is 9.49. The second-order valence-corrected chi connectivity index (χ2v) is 7.57. The third kappa shape index (κ3) is 4.62. The van der Waals surface area contributed by atoms with Crippen LogP contribution in [0.2, 0.25) is 0 Å². The highest BCUT2D eigenvalue weighted by atomic mass is 16.5. The van der Waals surface area contributed by atoms with Crippen molar-refractivity contribution in [3.05, 3.63) is 54.6 Å². The fourth-order valence-corrected chi connectivity index (χ4v) is 3.80. The number of piperazine rings is 1. The lowest BCUT2D eigenvalue weighted by Crippen LogP contribution is -2.52. The minimum Gasteiger partial charge on any atom is -0.492 e. The van der Waals surface area contributed by atoms with Gasteiger partial charge in [-0.05, 0) is 31.3 Å². The fourth-order valence-electron chi connectivity index (χ4n) is 3.80. The molecule has 0 radical (unpaired) electrons. The molecule has 1 aromatic heterocycles. The van der Waals surface area contributed by atoms with E-state index in [1.54, 1.807) is 4.57 Å². The molecule has 160 valence electrons. The monoisotopic (exact) mass is 418 g/mol. The zero-order chi connectivity index (χ0) is 21.6. The number of nitrogens with one attached hydrogen (secondary N) is 1. The maximum Gasteiger partial charge on any atom is 0.329 e. The Kier molecular flexibility index (Phi) is 6.34. The summed E-state index contributed by atoms with van der Waals surface area (Å²) in [6.45, 7) is 2.95. The SMILES string of the molecule is CN1CCN(c2nc3ccccc3n2C(=O)NCCOc2ccccc2)CC1CC#N. The Morgan fingerprint density at radius 1 is 1.19 bits per heavy atom. The normalized spacial score (nSPS) is 16.8. The fraction of sp³-hybridized carbons (Fsp3) is 0.348. The van der Waals surface area contributed by atoms with Gasteiger partial charge in [-0.25, -0.2) is 14.3 Å². The van der Waals surface area contributed by atoms with E-state index in [4.69, 9.17) is 15.0 Å². The predicted octanol–water partition coefficient (Wildman–Crippen LogP) is 2.71. The summed E-state index contributed by atoms with van der Waals surface area (Å²) >= 11 is 0. The maximum atomic E-state index is 13.1. The van der Waals surface area contributed by atoms with Gasteiger partial charge in [0.1, 0.15) is 12.4 Å². The minimum atomic E-state index is -0.240. The number of carbonyl (C=O) groups is 1. The van der Waals surface area contributed by atoms with E-state index in [0.29, 0.717) is 32.1 Å². The van der Waals surface area contributed by atoms with Crippen LogP contribution in [0.4, 0.5) is 10.7 Å². The lowest BCUT2D eigenvalue weighted by Gasteiger charge is -2.38. The molecule has 1 N–H and O–H groups in total. The van der Waals surface area contributed by atoms with E-state index >= 15 is 0 Å². The van der Waals surface area contributed by atoms with Crippen LogP contribution in [0.5, 0.6) is 5.75 Å². The molecule has 1 atom stereocenters. The Hall–Kier alpha value is -3.57. The Bertz CT molecular complexity index is 1070. The molecule has 3 aromatic rings. The standard InChI is InChI=1S/C23H26N6O2/c1-27-14-15-28(17-18(27)11-12-24)22-26-20-9-5-6-10-21(20)29(22)23(30)25-13-16-31-19-7-3-2-4-8-19/h2-10,18H,11,13-17H2,1H3,(H,25,30). The number of nitriles is 1. The molecule has 0 saturated carbocycles. The first-order valence-corrected chi connectivity index (χ1v) is 10.4. The van der Waals surface area contributed by atoms with E-state index in [1.807, 2.05) is 61.6 Å². The smallest absolute Gasteiger partial charge is 0.329 e. The highest BCUT2D eigenvalue weighted by Gasteiger charge is 2.29. The number of fused-ring (bicyclic) bond motifs is 1. The number of rotatable bonds is 6. The molecule has 0 spiro atoms. The quantitative estimate of drug-likeness (QED) is 0.620. The van der Waals surface area contributed by atoms with Crippen molar-refractivity contribution < 1.29 is 9.53 Å². The molecule has 1 fully saturated rings. The molecule has 1 unspecified atom stereocenters. The maximum absolute atomic E-state index is 13.1. The Morgan fingerprint density at radius 3 is 2.77 bits per heavy atom. The summed E-state index contributed by atoms with van der Waals surface area (Å²) in [7, 11) is 2.03.